The SMILES string of the molecule is Cc1ccccc1NCCNc1ccccc1C.[Na]. The minimum Gasteiger partial charge on any atom is -0.383 e. The van der Waals surface area contributed by atoms with Crippen molar-refractivity contribution in [3.05, 3.63) is 59.7 Å². The Labute approximate surface area is 137 Å². The molecule has 2 rings (SSSR count). The molecular weight excluding hydrogens is 243 g/mol. The van der Waals surface area contributed by atoms with Crippen LogP contribution in [0.4, 0.5) is 11.4 Å². The summed E-state index contributed by atoms with van der Waals surface area (Å²) in [5, 5.41) is 6.88. The number of anilines is 2. The molecule has 0 aliphatic carbocycles. The van der Waals surface area contributed by atoms with Crippen molar-refractivity contribution in [1.29, 1.82) is 0 Å². The average Bonchev–Trinajstić information content (AvgIpc) is 2.38. The zero-order valence-electron chi connectivity index (χ0n) is 12.0. The molecular formula is C16H20N2Na. The Bertz CT molecular complexity index is 464. The smallest absolute Gasteiger partial charge is 0.0370 e. The van der Waals surface area contributed by atoms with E-state index in [1.165, 1.54) is 22.5 Å². The molecule has 0 aromatic heterocycles. The van der Waals surface area contributed by atoms with E-state index in [0.717, 1.165) is 13.1 Å². The van der Waals surface area contributed by atoms with Crippen LogP contribution < -0.4 is 10.6 Å². The summed E-state index contributed by atoms with van der Waals surface area (Å²) in [5.74, 6) is 0. The van der Waals surface area contributed by atoms with E-state index in [1.807, 2.05) is 0 Å². The van der Waals surface area contributed by atoms with Gasteiger partial charge in [-0.3, -0.25) is 0 Å². The molecule has 0 aliphatic rings. The molecule has 0 atom stereocenters. The summed E-state index contributed by atoms with van der Waals surface area (Å²) < 4.78 is 0. The monoisotopic (exact) mass is 263 g/mol. The third kappa shape index (κ3) is 4.90. The Morgan fingerprint density at radius 1 is 0.684 bits per heavy atom. The number of hydrogen-bond acceptors (Lipinski definition) is 2. The van der Waals surface area contributed by atoms with E-state index in [4.69, 9.17) is 0 Å². The van der Waals surface area contributed by atoms with Crippen molar-refractivity contribution in [2.45, 2.75) is 13.8 Å². The second kappa shape index (κ2) is 8.26. The van der Waals surface area contributed by atoms with Gasteiger partial charge in [0, 0.05) is 54.0 Å². The standard InChI is InChI=1S/C16H20N2.Na/c1-13-7-3-5-9-15(13)17-11-12-18-16-10-6-4-8-14(16)2;/h3-10,17-18H,11-12H2,1-2H3;. The quantitative estimate of drug-likeness (QED) is 0.638. The fourth-order valence-electron chi connectivity index (χ4n) is 1.94. The van der Waals surface area contributed by atoms with Crippen molar-refractivity contribution in [1.82, 2.24) is 0 Å². The number of para-hydroxylation sites is 2. The van der Waals surface area contributed by atoms with E-state index in [2.05, 4.69) is 73.0 Å². The van der Waals surface area contributed by atoms with Crippen molar-refractivity contribution in [3.63, 3.8) is 0 Å². The summed E-state index contributed by atoms with van der Waals surface area (Å²) in [6.45, 7) is 6.08. The first-order valence-corrected chi connectivity index (χ1v) is 6.36. The Balaban J connectivity index is 0.00000180. The van der Waals surface area contributed by atoms with Crippen LogP contribution in [0.5, 0.6) is 0 Å². The first-order chi connectivity index (χ1) is 8.77. The van der Waals surface area contributed by atoms with Crippen molar-refractivity contribution in [3.8, 4) is 0 Å². The zero-order chi connectivity index (χ0) is 12.8. The molecule has 0 heterocycles. The second-order valence-corrected chi connectivity index (χ2v) is 4.48. The van der Waals surface area contributed by atoms with Gasteiger partial charge in [0.2, 0.25) is 0 Å². The Hall–Kier alpha value is -0.960. The topological polar surface area (TPSA) is 24.1 Å². The molecule has 0 amide bonds. The summed E-state index contributed by atoms with van der Waals surface area (Å²) in [4.78, 5) is 0. The molecule has 0 fully saturated rings. The summed E-state index contributed by atoms with van der Waals surface area (Å²) in [6, 6.07) is 16.7. The summed E-state index contributed by atoms with van der Waals surface area (Å²) in [5.41, 5.74) is 5.00. The van der Waals surface area contributed by atoms with Gasteiger partial charge in [-0.15, -0.1) is 0 Å². The van der Waals surface area contributed by atoms with Crippen LogP contribution in [-0.4, -0.2) is 42.6 Å². The fraction of sp³-hybridized carbons (Fsp3) is 0.250. The first kappa shape index (κ1) is 16.1. The van der Waals surface area contributed by atoms with E-state index < -0.39 is 0 Å². The molecule has 0 spiro atoms. The fourth-order valence-corrected chi connectivity index (χ4v) is 1.94. The molecule has 1 radical (unpaired) electrons. The van der Waals surface area contributed by atoms with Crippen LogP contribution in [0, 0.1) is 13.8 Å². The summed E-state index contributed by atoms with van der Waals surface area (Å²) in [6.07, 6.45) is 0. The minimum atomic E-state index is 0. The van der Waals surface area contributed by atoms with E-state index in [0.29, 0.717) is 0 Å². The maximum atomic E-state index is 3.44. The summed E-state index contributed by atoms with van der Waals surface area (Å²) in [7, 11) is 0. The molecule has 2 N–H and O–H groups in total. The predicted molar refractivity (Wildman–Crippen MR) is 85.1 cm³/mol. The van der Waals surface area contributed by atoms with Gasteiger partial charge in [-0.05, 0) is 37.1 Å². The molecule has 0 saturated carbocycles. The number of benzene rings is 2. The largest absolute Gasteiger partial charge is 0.383 e. The van der Waals surface area contributed by atoms with Crippen LogP contribution in [0.3, 0.4) is 0 Å². The van der Waals surface area contributed by atoms with Gasteiger partial charge in [-0.1, -0.05) is 36.4 Å². The molecule has 2 aromatic carbocycles. The van der Waals surface area contributed by atoms with Gasteiger partial charge >= 0.3 is 0 Å². The molecule has 0 bridgehead atoms. The van der Waals surface area contributed by atoms with Crippen molar-refractivity contribution in [2.75, 3.05) is 23.7 Å². The molecule has 0 unspecified atom stereocenters. The van der Waals surface area contributed by atoms with Crippen LogP contribution in [0.15, 0.2) is 48.5 Å². The minimum absolute atomic E-state index is 0. The third-order valence-electron chi connectivity index (χ3n) is 3.05. The van der Waals surface area contributed by atoms with E-state index in [1.54, 1.807) is 0 Å². The number of aryl methyl sites for hydroxylation is 2. The van der Waals surface area contributed by atoms with Crippen LogP contribution >= 0.6 is 0 Å². The van der Waals surface area contributed by atoms with E-state index in [9.17, 15) is 0 Å². The molecule has 2 aromatic rings. The Kier molecular flexibility index (Phi) is 7.00. The van der Waals surface area contributed by atoms with Gasteiger partial charge in [0.05, 0.1) is 0 Å². The zero-order valence-corrected chi connectivity index (χ0v) is 14.0. The molecule has 3 heteroatoms. The predicted octanol–water partition coefficient (Wildman–Crippen LogP) is 3.45. The third-order valence-corrected chi connectivity index (χ3v) is 3.05. The summed E-state index contributed by atoms with van der Waals surface area (Å²) >= 11 is 0. The molecule has 19 heavy (non-hydrogen) atoms. The second-order valence-electron chi connectivity index (χ2n) is 4.48. The normalized spacial score (nSPS) is 9.58. The maximum absolute atomic E-state index is 3.44. The Morgan fingerprint density at radius 2 is 1.05 bits per heavy atom. The van der Waals surface area contributed by atoms with Gasteiger partial charge in [0.1, 0.15) is 0 Å². The van der Waals surface area contributed by atoms with E-state index >= 15 is 0 Å². The first-order valence-electron chi connectivity index (χ1n) is 6.36. The Morgan fingerprint density at radius 3 is 1.42 bits per heavy atom. The van der Waals surface area contributed by atoms with Gasteiger partial charge in [-0.25, -0.2) is 0 Å². The van der Waals surface area contributed by atoms with Crippen molar-refractivity contribution < 1.29 is 0 Å². The molecule has 0 aliphatic heterocycles. The van der Waals surface area contributed by atoms with Gasteiger partial charge in [0.25, 0.3) is 0 Å². The van der Waals surface area contributed by atoms with E-state index in [-0.39, 0.29) is 29.6 Å². The molecule has 2 nitrogen and oxygen atoms in total. The molecule has 0 saturated heterocycles. The van der Waals surface area contributed by atoms with Crippen LogP contribution in [0.1, 0.15) is 11.1 Å². The van der Waals surface area contributed by atoms with Gasteiger partial charge in [-0.2, -0.15) is 0 Å². The molecule has 95 valence electrons. The van der Waals surface area contributed by atoms with Gasteiger partial charge in [0.15, 0.2) is 0 Å². The van der Waals surface area contributed by atoms with Crippen LogP contribution in [0.25, 0.3) is 0 Å². The van der Waals surface area contributed by atoms with Gasteiger partial charge < -0.3 is 10.6 Å². The number of nitrogens with one attached hydrogen (secondary N) is 2. The number of rotatable bonds is 5. The van der Waals surface area contributed by atoms with Crippen LogP contribution in [-0.2, 0) is 0 Å². The van der Waals surface area contributed by atoms with Crippen LogP contribution in [0.2, 0.25) is 0 Å². The number of hydrogen-bond donors (Lipinski definition) is 2. The van der Waals surface area contributed by atoms with Crippen molar-refractivity contribution >= 4 is 40.9 Å². The van der Waals surface area contributed by atoms with Crippen molar-refractivity contribution in [2.24, 2.45) is 0 Å². The maximum Gasteiger partial charge on any atom is 0.0370 e. The average molecular weight is 263 g/mol.